The van der Waals surface area contributed by atoms with E-state index in [0.717, 1.165) is 28.7 Å². The lowest BCUT2D eigenvalue weighted by molar-refractivity contribution is -0.233. The van der Waals surface area contributed by atoms with Crippen LogP contribution in [0, 0.1) is 0 Å². The van der Waals surface area contributed by atoms with Crippen molar-refractivity contribution in [1.29, 1.82) is 0 Å². The molecule has 0 saturated carbocycles. The molecule has 0 spiro atoms. The molecule has 1 unspecified atom stereocenters. The Morgan fingerprint density at radius 2 is 1.70 bits per heavy atom. The second kappa shape index (κ2) is 7.74. The van der Waals surface area contributed by atoms with Gasteiger partial charge in [0.05, 0.1) is 19.3 Å². The molecule has 2 saturated heterocycles. The number of nitrogens with zero attached hydrogens (tertiary/aromatic N) is 1. The van der Waals surface area contributed by atoms with Crippen LogP contribution in [-0.2, 0) is 19.0 Å². The van der Waals surface area contributed by atoms with Gasteiger partial charge in [0.15, 0.2) is 6.29 Å². The Labute approximate surface area is 174 Å². The first kappa shape index (κ1) is 19.1. The maximum Gasteiger partial charge on any atom is 0.410 e. The number of hydrogen-bond acceptors (Lipinski definition) is 5. The van der Waals surface area contributed by atoms with Gasteiger partial charge >= 0.3 is 12.1 Å². The molecule has 30 heavy (non-hydrogen) atoms. The fraction of sp³-hybridized carbons (Fsp3) is 0.391. The average molecular weight is 409 g/mol. The van der Waals surface area contributed by atoms with E-state index in [2.05, 4.69) is 12.1 Å². The Kier molecular flexibility index (Phi) is 4.92. The zero-order valence-corrected chi connectivity index (χ0v) is 16.4. The summed E-state index contributed by atoms with van der Waals surface area (Å²) in [5, 5.41) is 9.56. The van der Waals surface area contributed by atoms with Gasteiger partial charge in [-0.2, -0.15) is 0 Å². The molecule has 1 aliphatic carbocycles. The van der Waals surface area contributed by atoms with E-state index < -0.39 is 18.1 Å². The van der Waals surface area contributed by atoms with Crippen molar-refractivity contribution in [2.45, 2.75) is 37.2 Å². The molecule has 3 aliphatic rings. The number of amides is 1. The highest BCUT2D eigenvalue weighted by molar-refractivity contribution is 5.81. The summed E-state index contributed by atoms with van der Waals surface area (Å²) in [7, 11) is 0. The van der Waals surface area contributed by atoms with Gasteiger partial charge in [-0.25, -0.2) is 9.59 Å². The second-order valence-corrected chi connectivity index (χ2v) is 7.89. The minimum atomic E-state index is -1.05. The summed E-state index contributed by atoms with van der Waals surface area (Å²) >= 11 is 0. The van der Waals surface area contributed by atoms with E-state index in [1.807, 2.05) is 36.4 Å². The quantitative estimate of drug-likeness (QED) is 0.816. The third-order valence-electron chi connectivity index (χ3n) is 6.12. The largest absolute Gasteiger partial charge is 0.480 e. The first-order valence-corrected chi connectivity index (χ1v) is 10.2. The van der Waals surface area contributed by atoms with E-state index in [1.165, 1.54) is 4.90 Å². The summed E-state index contributed by atoms with van der Waals surface area (Å²) in [6, 6.07) is 15.2. The molecule has 1 N–H and O–H groups in total. The van der Waals surface area contributed by atoms with E-state index in [4.69, 9.17) is 14.2 Å². The van der Waals surface area contributed by atoms with Crippen molar-refractivity contribution in [3.05, 3.63) is 59.7 Å². The fourth-order valence-corrected chi connectivity index (χ4v) is 4.54. The van der Waals surface area contributed by atoms with Crippen LogP contribution in [0.25, 0.3) is 11.1 Å². The highest BCUT2D eigenvalue weighted by Gasteiger charge is 2.43. The Balaban J connectivity index is 1.29. The van der Waals surface area contributed by atoms with Gasteiger partial charge in [-0.3, -0.25) is 4.90 Å². The SMILES string of the molecule is O=C(O)[C@@H]1C[C@H](OC2CCO2)CN1C(=O)OCC1c2ccccc2-c2ccccc21. The van der Waals surface area contributed by atoms with Crippen LogP contribution >= 0.6 is 0 Å². The number of carbonyl (C=O) groups excluding carboxylic acids is 1. The molecule has 1 amide bonds. The van der Waals surface area contributed by atoms with E-state index in [1.54, 1.807) is 0 Å². The Morgan fingerprint density at radius 1 is 1.07 bits per heavy atom. The van der Waals surface area contributed by atoms with Gasteiger partial charge in [0, 0.05) is 18.8 Å². The third kappa shape index (κ3) is 3.34. The number of benzene rings is 2. The van der Waals surface area contributed by atoms with E-state index in [0.29, 0.717) is 6.61 Å². The Morgan fingerprint density at radius 3 is 2.27 bits per heavy atom. The predicted molar refractivity (Wildman–Crippen MR) is 107 cm³/mol. The number of carboxylic acid groups (broad SMARTS) is 1. The monoisotopic (exact) mass is 409 g/mol. The van der Waals surface area contributed by atoms with Crippen LogP contribution in [0.3, 0.4) is 0 Å². The first-order valence-electron chi connectivity index (χ1n) is 10.2. The molecule has 0 radical (unpaired) electrons. The minimum absolute atomic E-state index is 0.0670. The normalized spacial score (nSPS) is 24.8. The molecule has 2 aromatic carbocycles. The van der Waals surface area contributed by atoms with Crippen LogP contribution in [-0.4, -0.2) is 60.3 Å². The van der Waals surface area contributed by atoms with Crippen molar-refractivity contribution in [1.82, 2.24) is 4.90 Å². The number of carboxylic acids is 1. The molecule has 2 aromatic rings. The molecule has 0 bridgehead atoms. The summed E-state index contributed by atoms with van der Waals surface area (Å²) in [5.74, 6) is -1.12. The predicted octanol–water partition coefficient (Wildman–Crippen LogP) is 3.23. The Bertz CT molecular complexity index is 926. The van der Waals surface area contributed by atoms with Crippen LogP contribution in [0.4, 0.5) is 4.79 Å². The van der Waals surface area contributed by atoms with Gasteiger partial charge in [-0.15, -0.1) is 0 Å². The van der Waals surface area contributed by atoms with Crippen molar-refractivity contribution in [3.8, 4) is 11.1 Å². The molecule has 7 nitrogen and oxygen atoms in total. The van der Waals surface area contributed by atoms with Gasteiger partial charge in [0.1, 0.15) is 12.6 Å². The van der Waals surface area contributed by atoms with Crippen molar-refractivity contribution in [3.63, 3.8) is 0 Å². The minimum Gasteiger partial charge on any atom is -0.480 e. The molecular weight excluding hydrogens is 386 g/mol. The molecule has 3 atom stereocenters. The lowest BCUT2D eigenvalue weighted by atomic mass is 9.98. The van der Waals surface area contributed by atoms with Crippen molar-refractivity contribution in [2.24, 2.45) is 0 Å². The zero-order chi connectivity index (χ0) is 20.7. The van der Waals surface area contributed by atoms with E-state index in [-0.39, 0.29) is 37.9 Å². The standard InChI is InChI=1S/C23H23NO6/c25-22(26)20-11-14(30-21-9-10-28-21)12-24(20)23(27)29-13-19-17-7-3-1-5-15(17)16-6-2-4-8-18(16)19/h1-8,14,19-21H,9-13H2,(H,25,26)/t14-,20-,21?/m0/s1. The van der Waals surface area contributed by atoms with Gasteiger partial charge in [-0.1, -0.05) is 48.5 Å². The average Bonchev–Trinajstić information content (AvgIpc) is 3.29. The fourth-order valence-electron chi connectivity index (χ4n) is 4.54. The van der Waals surface area contributed by atoms with Crippen molar-refractivity contribution >= 4 is 12.1 Å². The summed E-state index contributed by atoms with van der Waals surface area (Å²) in [6.07, 6.45) is -0.257. The van der Waals surface area contributed by atoms with Crippen LogP contribution in [0.15, 0.2) is 48.5 Å². The number of carbonyl (C=O) groups is 2. The second-order valence-electron chi connectivity index (χ2n) is 7.89. The molecule has 5 rings (SSSR count). The van der Waals surface area contributed by atoms with Crippen molar-refractivity contribution < 1.29 is 28.9 Å². The van der Waals surface area contributed by atoms with Crippen LogP contribution in [0.5, 0.6) is 0 Å². The molecule has 2 aliphatic heterocycles. The molecule has 156 valence electrons. The topological polar surface area (TPSA) is 85.3 Å². The summed E-state index contributed by atoms with van der Waals surface area (Å²) in [6.45, 7) is 0.996. The molecule has 0 aromatic heterocycles. The molecule has 2 fully saturated rings. The highest BCUT2D eigenvalue weighted by Crippen LogP contribution is 2.44. The van der Waals surface area contributed by atoms with Crippen LogP contribution in [0.1, 0.15) is 29.9 Å². The molecule has 7 heteroatoms. The number of fused-ring (bicyclic) bond motifs is 3. The summed E-state index contributed by atoms with van der Waals surface area (Å²) in [5.41, 5.74) is 4.53. The van der Waals surface area contributed by atoms with Crippen LogP contribution < -0.4 is 0 Å². The zero-order valence-electron chi connectivity index (χ0n) is 16.4. The lowest BCUT2D eigenvalue weighted by Gasteiger charge is -2.29. The van der Waals surface area contributed by atoms with Crippen LogP contribution in [0.2, 0.25) is 0 Å². The number of aliphatic carboxylic acids is 1. The van der Waals surface area contributed by atoms with Gasteiger partial charge < -0.3 is 19.3 Å². The van der Waals surface area contributed by atoms with Gasteiger partial charge in [-0.05, 0) is 22.3 Å². The van der Waals surface area contributed by atoms with Gasteiger partial charge in [0.25, 0.3) is 0 Å². The number of likely N-dealkylation sites (tertiary alicyclic amines) is 1. The maximum atomic E-state index is 12.8. The number of rotatable bonds is 5. The molecular formula is C23H23NO6. The van der Waals surface area contributed by atoms with Gasteiger partial charge in [0.2, 0.25) is 0 Å². The smallest absolute Gasteiger partial charge is 0.410 e. The third-order valence-corrected chi connectivity index (χ3v) is 6.12. The highest BCUT2D eigenvalue weighted by atomic mass is 16.7. The maximum absolute atomic E-state index is 12.8. The summed E-state index contributed by atoms with van der Waals surface area (Å²) < 4.78 is 16.6. The Hall–Kier alpha value is -2.90. The number of hydrogen-bond donors (Lipinski definition) is 1. The summed E-state index contributed by atoms with van der Waals surface area (Å²) in [4.78, 5) is 25.8. The van der Waals surface area contributed by atoms with E-state index in [9.17, 15) is 14.7 Å². The number of ether oxygens (including phenoxy) is 3. The lowest BCUT2D eigenvalue weighted by Crippen LogP contribution is -2.41. The van der Waals surface area contributed by atoms with Crippen molar-refractivity contribution in [2.75, 3.05) is 19.8 Å². The molecule has 2 heterocycles. The first-order chi connectivity index (χ1) is 14.6. The van der Waals surface area contributed by atoms with E-state index >= 15 is 0 Å².